The molecule has 2 rings (SSSR count). The van der Waals surface area contributed by atoms with Gasteiger partial charge in [-0.3, -0.25) is 10.1 Å². The van der Waals surface area contributed by atoms with Crippen molar-refractivity contribution >= 4 is 5.97 Å². The third-order valence-electron chi connectivity index (χ3n) is 10.1. The van der Waals surface area contributed by atoms with Crippen LogP contribution in [0.5, 0.6) is 0 Å². The Hall–Kier alpha value is -0.970. The maximum absolute atomic E-state index is 13.8. The maximum atomic E-state index is 13.8. The van der Waals surface area contributed by atoms with E-state index in [0.717, 1.165) is 0 Å². The van der Waals surface area contributed by atoms with Crippen molar-refractivity contribution in [2.45, 2.75) is 154 Å². The molecule has 8 N–H and O–H groups in total. The van der Waals surface area contributed by atoms with Crippen LogP contribution in [0.4, 0.5) is 0 Å². The van der Waals surface area contributed by atoms with Crippen LogP contribution in [0, 0.1) is 17.8 Å². The Morgan fingerprint density at radius 3 is 2.24 bits per heavy atom. The molecular weight excluding hydrogens is 586 g/mol. The van der Waals surface area contributed by atoms with Crippen LogP contribution < -0.4 is 10.6 Å². The van der Waals surface area contributed by atoms with Gasteiger partial charge in [0.25, 0.3) is 0 Å². The zero-order chi connectivity index (χ0) is 34.7. The van der Waals surface area contributed by atoms with Gasteiger partial charge in [-0.05, 0) is 87.4 Å². The molecule has 266 valence electrons. The number of nitrogens with one attached hydrogen (secondary N) is 2. The molecule has 2 aliphatic rings. The van der Waals surface area contributed by atoms with Crippen LogP contribution in [0.3, 0.4) is 0 Å². The Morgan fingerprint density at radius 1 is 1.11 bits per heavy atom. The fourth-order valence-corrected chi connectivity index (χ4v) is 7.04. The summed E-state index contributed by atoms with van der Waals surface area (Å²) in [5.41, 5.74) is -5.43. The van der Waals surface area contributed by atoms with Crippen LogP contribution in [0.15, 0.2) is 0 Å². The minimum atomic E-state index is -1.98. The van der Waals surface area contributed by atoms with Gasteiger partial charge in [0.15, 0.2) is 6.29 Å². The van der Waals surface area contributed by atoms with Crippen LogP contribution >= 0.6 is 0 Å². The molecule has 0 aromatic carbocycles. The van der Waals surface area contributed by atoms with Crippen molar-refractivity contribution in [1.82, 2.24) is 15.5 Å². The number of carbonyl (C=O) groups is 1. The number of aliphatic hydroxyl groups is 6. The standard InChI is InChI=1S/C32H63N3O10/c1-12-24-31(9,41)26(38)21(6)33-15-17(2)14-30(8,40)27(45-29-25(37)23(35(10)11)13-18(3)43-29)19(4)32(42,16-34-22(7)36)20(5)28(39)44-24/h17-27,29,33-34,36-38,40-42H,12-16H2,1-11H3/t17-,18-,19-,20?,21-,22?,23+,24-,25-,26-,27-,29+,30+,31-,32-/m1/s1. The Labute approximate surface area is 269 Å². The van der Waals surface area contributed by atoms with Gasteiger partial charge < -0.3 is 55.1 Å². The first-order valence-corrected chi connectivity index (χ1v) is 16.5. The second kappa shape index (κ2) is 16.0. The zero-order valence-electron chi connectivity index (χ0n) is 29.2. The van der Waals surface area contributed by atoms with Crippen molar-refractivity contribution in [3.63, 3.8) is 0 Å². The molecule has 2 aliphatic heterocycles. The van der Waals surface area contributed by atoms with Crippen molar-refractivity contribution in [2.24, 2.45) is 17.8 Å². The molecule has 0 aromatic heterocycles. The Balaban J connectivity index is 2.69. The first-order chi connectivity index (χ1) is 20.6. The molecule has 45 heavy (non-hydrogen) atoms. The fourth-order valence-electron chi connectivity index (χ4n) is 7.04. The van der Waals surface area contributed by atoms with Crippen molar-refractivity contribution in [3.05, 3.63) is 0 Å². The van der Waals surface area contributed by atoms with Gasteiger partial charge in [-0.15, -0.1) is 0 Å². The highest BCUT2D eigenvalue weighted by Gasteiger charge is 2.54. The highest BCUT2D eigenvalue weighted by Crippen LogP contribution is 2.40. The lowest BCUT2D eigenvalue weighted by Gasteiger charge is -2.49. The summed E-state index contributed by atoms with van der Waals surface area (Å²) in [6.07, 6.45) is -6.22. The summed E-state index contributed by atoms with van der Waals surface area (Å²) < 4.78 is 18.4. The molecule has 0 saturated carbocycles. The largest absolute Gasteiger partial charge is 0.459 e. The van der Waals surface area contributed by atoms with Crippen molar-refractivity contribution in [3.8, 4) is 0 Å². The molecule has 15 atom stereocenters. The number of hydrogen-bond acceptors (Lipinski definition) is 13. The smallest absolute Gasteiger partial charge is 0.312 e. The van der Waals surface area contributed by atoms with Gasteiger partial charge in [-0.25, -0.2) is 0 Å². The van der Waals surface area contributed by atoms with E-state index in [1.807, 2.05) is 32.8 Å². The molecule has 0 aromatic rings. The lowest BCUT2D eigenvalue weighted by molar-refractivity contribution is -0.304. The number of carbonyl (C=O) groups excluding carboxylic acids is 1. The van der Waals surface area contributed by atoms with Gasteiger partial charge in [-0.1, -0.05) is 20.8 Å². The topological polar surface area (TPSA) is 193 Å². The van der Waals surface area contributed by atoms with E-state index in [9.17, 15) is 35.4 Å². The van der Waals surface area contributed by atoms with E-state index >= 15 is 0 Å². The second-order valence-electron chi connectivity index (χ2n) is 14.6. The van der Waals surface area contributed by atoms with E-state index in [-0.39, 0.29) is 37.5 Å². The third kappa shape index (κ3) is 9.56. The quantitative estimate of drug-likeness (QED) is 0.135. The summed E-state index contributed by atoms with van der Waals surface area (Å²) in [5, 5.41) is 74.6. The molecule has 0 amide bonds. The van der Waals surface area contributed by atoms with Crippen LogP contribution in [0.2, 0.25) is 0 Å². The highest BCUT2D eigenvalue weighted by molar-refractivity contribution is 5.74. The van der Waals surface area contributed by atoms with Crippen LogP contribution in [0.25, 0.3) is 0 Å². The van der Waals surface area contributed by atoms with E-state index in [1.54, 1.807) is 27.7 Å². The molecule has 0 spiro atoms. The SMILES string of the molecule is CC[C@H]1OC(=O)C(C)[C@@](O)(CNC(C)O)[C@H](C)[C@@H](O[C@@H]2O[C@H](C)C[C@H](N(C)C)[C@H]2O)[C@@](C)(O)C[C@@H](C)CN[C@H](C)[C@@H](O)[C@]1(C)O. The summed E-state index contributed by atoms with van der Waals surface area (Å²) in [4.78, 5) is 15.7. The number of nitrogens with zero attached hydrogens (tertiary/aromatic N) is 1. The van der Waals surface area contributed by atoms with E-state index in [2.05, 4.69) is 10.6 Å². The van der Waals surface area contributed by atoms with Gasteiger partial charge in [0.2, 0.25) is 0 Å². The van der Waals surface area contributed by atoms with Gasteiger partial charge in [0, 0.05) is 24.5 Å². The predicted octanol–water partition coefficient (Wildman–Crippen LogP) is -0.0686. The van der Waals surface area contributed by atoms with E-state index in [4.69, 9.17) is 14.2 Å². The maximum Gasteiger partial charge on any atom is 0.312 e. The highest BCUT2D eigenvalue weighted by atomic mass is 16.7. The Morgan fingerprint density at radius 2 is 1.71 bits per heavy atom. The number of cyclic esters (lactones) is 1. The number of esters is 1. The zero-order valence-corrected chi connectivity index (χ0v) is 29.2. The number of likely N-dealkylation sites (N-methyl/N-ethyl adjacent to an activating group) is 1. The summed E-state index contributed by atoms with van der Waals surface area (Å²) in [6, 6.07) is -0.892. The molecule has 2 unspecified atom stereocenters. The molecule has 0 radical (unpaired) electrons. The molecule has 13 nitrogen and oxygen atoms in total. The predicted molar refractivity (Wildman–Crippen MR) is 169 cm³/mol. The average Bonchev–Trinajstić information content (AvgIpc) is 2.94. The Bertz CT molecular complexity index is 937. The van der Waals surface area contributed by atoms with Gasteiger partial charge in [0.1, 0.15) is 30.1 Å². The summed E-state index contributed by atoms with van der Waals surface area (Å²) in [5.74, 6) is -3.28. The lowest BCUT2D eigenvalue weighted by atomic mass is 9.70. The number of aliphatic hydroxyl groups excluding tert-OH is 3. The van der Waals surface area contributed by atoms with Crippen molar-refractivity contribution in [2.75, 3.05) is 27.2 Å². The van der Waals surface area contributed by atoms with Crippen molar-refractivity contribution in [1.29, 1.82) is 0 Å². The minimum Gasteiger partial charge on any atom is -0.459 e. The summed E-state index contributed by atoms with van der Waals surface area (Å²) >= 11 is 0. The van der Waals surface area contributed by atoms with Gasteiger partial charge in [-0.2, -0.15) is 0 Å². The van der Waals surface area contributed by atoms with E-state index in [0.29, 0.717) is 13.0 Å². The molecule has 0 aliphatic carbocycles. The molecule has 2 saturated heterocycles. The van der Waals surface area contributed by atoms with E-state index in [1.165, 1.54) is 20.8 Å². The molecule has 2 heterocycles. The van der Waals surface area contributed by atoms with Gasteiger partial charge in [0.05, 0.1) is 29.3 Å². The first-order valence-electron chi connectivity index (χ1n) is 16.5. The third-order valence-corrected chi connectivity index (χ3v) is 10.1. The number of rotatable bonds is 7. The average molecular weight is 650 g/mol. The van der Waals surface area contributed by atoms with Gasteiger partial charge >= 0.3 is 5.97 Å². The summed E-state index contributed by atoms with van der Waals surface area (Å²) in [7, 11) is 3.71. The Kier molecular flexibility index (Phi) is 14.3. The lowest BCUT2D eigenvalue weighted by Crippen LogP contribution is -2.64. The molecule has 2 fully saturated rings. The monoisotopic (exact) mass is 649 g/mol. The minimum absolute atomic E-state index is 0.167. The van der Waals surface area contributed by atoms with Crippen molar-refractivity contribution < 1.29 is 49.6 Å². The number of hydrogen-bond donors (Lipinski definition) is 8. The second-order valence-corrected chi connectivity index (χ2v) is 14.6. The number of ether oxygens (including phenoxy) is 3. The van der Waals surface area contributed by atoms with Crippen LogP contribution in [-0.2, 0) is 19.0 Å². The normalized spacial score (nSPS) is 47.1. The van der Waals surface area contributed by atoms with E-state index < -0.39 is 77.6 Å². The summed E-state index contributed by atoms with van der Waals surface area (Å²) in [6.45, 7) is 14.9. The van der Waals surface area contributed by atoms with Crippen LogP contribution in [-0.4, -0.2) is 141 Å². The first kappa shape index (κ1) is 40.2. The molecule has 0 bridgehead atoms. The molecule has 13 heteroatoms. The van der Waals surface area contributed by atoms with Crippen LogP contribution in [0.1, 0.15) is 81.6 Å². The fraction of sp³-hybridized carbons (Fsp3) is 0.969. The molecular formula is C32H63N3O10.